The minimum atomic E-state index is 0.160. The predicted octanol–water partition coefficient (Wildman–Crippen LogP) is 2.84. The van der Waals surface area contributed by atoms with Gasteiger partial charge in [-0.1, -0.05) is 47.2 Å². The van der Waals surface area contributed by atoms with Crippen LogP contribution in [0.4, 0.5) is 0 Å². The van der Waals surface area contributed by atoms with Gasteiger partial charge in [-0.25, -0.2) is 0 Å². The van der Waals surface area contributed by atoms with E-state index in [0.717, 1.165) is 10.0 Å². The molecule has 0 aliphatic heterocycles. The third-order valence-electron chi connectivity index (χ3n) is 1.80. The first-order valence-corrected chi connectivity index (χ1v) is 4.86. The SMILES string of the molecule is CC(C(N)=S)c1ccc(Br)cc1. The minimum absolute atomic E-state index is 0.160. The molecule has 0 saturated carbocycles. The molecule has 0 heterocycles. The maximum absolute atomic E-state index is 5.53. The average Bonchev–Trinajstić information content (AvgIpc) is 2.04. The van der Waals surface area contributed by atoms with Gasteiger partial charge in [-0.3, -0.25) is 0 Å². The maximum atomic E-state index is 5.53. The molecule has 0 aliphatic carbocycles. The van der Waals surface area contributed by atoms with E-state index in [1.54, 1.807) is 0 Å². The summed E-state index contributed by atoms with van der Waals surface area (Å²) in [5.41, 5.74) is 6.68. The third-order valence-corrected chi connectivity index (χ3v) is 2.68. The van der Waals surface area contributed by atoms with E-state index >= 15 is 0 Å². The molecule has 0 saturated heterocycles. The summed E-state index contributed by atoms with van der Waals surface area (Å²) in [6, 6.07) is 8.02. The van der Waals surface area contributed by atoms with Crippen molar-refractivity contribution >= 4 is 33.1 Å². The van der Waals surface area contributed by atoms with Crippen LogP contribution in [-0.2, 0) is 0 Å². The maximum Gasteiger partial charge on any atom is 0.0800 e. The number of halogens is 1. The fourth-order valence-electron chi connectivity index (χ4n) is 0.916. The third kappa shape index (κ3) is 2.29. The van der Waals surface area contributed by atoms with E-state index in [2.05, 4.69) is 15.9 Å². The molecule has 1 nitrogen and oxygen atoms in total. The Bertz CT molecular complexity index is 281. The summed E-state index contributed by atoms with van der Waals surface area (Å²) >= 11 is 8.27. The summed E-state index contributed by atoms with van der Waals surface area (Å²) in [5.74, 6) is 0.160. The number of hydrogen-bond donors (Lipinski definition) is 1. The highest BCUT2D eigenvalue weighted by Gasteiger charge is 2.06. The quantitative estimate of drug-likeness (QED) is 0.809. The summed E-state index contributed by atoms with van der Waals surface area (Å²) in [7, 11) is 0. The molecular weight excluding hydrogens is 234 g/mol. The number of hydrogen-bond acceptors (Lipinski definition) is 1. The lowest BCUT2D eigenvalue weighted by atomic mass is 10.0. The fourth-order valence-corrected chi connectivity index (χ4v) is 1.32. The van der Waals surface area contributed by atoms with Gasteiger partial charge in [-0.2, -0.15) is 0 Å². The first-order valence-electron chi connectivity index (χ1n) is 3.66. The number of nitrogens with two attached hydrogens (primary N) is 1. The molecule has 0 fully saturated rings. The van der Waals surface area contributed by atoms with Crippen LogP contribution < -0.4 is 5.73 Å². The molecule has 0 bridgehead atoms. The van der Waals surface area contributed by atoms with Crippen molar-refractivity contribution in [1.82, 2.24) is 0 Å². The molecule has 1 atom stereocenters. The minimum Gasteiger partial charge on any atom is -0.393 e. The van der Waals surface area contributed by atoms with Crippen molar-refractivity contribution < 1.29 is 0 Å². The molecule has 3 heteroatoms. The fraction of sp³-hybridized carbons (Fsp3) is 0.222. The summed E-state index contributed by atoms with van der Waals surface area (Å²) < 4.78 is 1.07. The summed E-state index contributed by atoms with van der Waals surface area (Å²) in [6.07, 6.45) is 0. The largest absolute Gasteiger partial charge is 0.393 e. The van der Waals surface area contributed by atoms with E-state index in [4.69, 9.17) is 18.0 Å². The second-order valence-electron chi connectivity index (χ2n) is 2.68. The molecule has 0 aromatic heterocycles. The molecule has 12 heavy (non-hydrogen) atoms. The van der Waals surface area contributed by atoms with Crippen molar-refractivity contribution in [2.75, 3.05) is 0 Å². The first kappa shape index (κ1) is 9.68. The average molecular weight is 244 g/mol. The number of thiocarbonyl (C=S) groups is 1. The van der Waals surface area contributed by atoms with Gasteiger partial charge in [0.1, 0.15) is 0 Å². The van der Waals surface area contributed by atoms with Gasteiger partial charge < -0.3 is 5.73 Å². The molecule has 0 aliphatic rings. The van der Waals surface area contributed by atoms with Gasteiger partial charge in [0, 0.05) is 10.4 Å². The lowest BCUT2D eigenvalue weighted by Gasteiger charge is -2.08. The summed E-state index contributed by atoms with van der Waals surface area (Å²) in [6.45, 7) is 2.01. The molecule has 0 radical (unpaired) electrons. The van der Waals surface area contributed by atoms with Crippen LogP contribution in [-0.4, -0.2) is 4.99 Å². The van der Waals surface area contributed by atoms with Crippen LogP contribution >= 0.6 is 28.1 Å². The van der Waals surface area contributed by atoms with Gasteiger partial charge in [0.25, 0.3) is 0 Å². The molecule has 1 rings (SSSR count). The number of rotatable bonds is 2. The highest BCUT2D eigenvalue weighted by Crippen LogP contribution is 2.18. The van der Waals surface area contributed by atoms with Crippen LogP contribution in [0.1, 0.15) is 18.4 Å². The van der Waals surface area contributed by atoms with E-state index in [9.17, 15) is 0 Å². The monoisotopic (exact) mass is 243 g/mol. The van der Waals surface area contributed by atoms with Gasteiger partial charge in [0.2, 0.25) is 0 Å². The Labute approximate surface area is 86.1 Å². The second kappa shape index (κ2) is 4.01. The smallest absolute Gasteiger partial charge is 0.0800 e. The van der Waals surface area contributed by atoms with Crippen LogP contribution in [0.2, 0.25) is 0 Å². The molecule has 0 spiro atoms. The van der Waals surface area contributed by atoms with Gasteiger partial charge in [0.15, 0.2) is 0 Å². The highest BCUT2D eigenvalue weighted by atomic mass is 79.9. The number of benzene rings is 1. The molecular formula is C9H10BrNS. The van der Waals surface area contributed by atoms with Crippen molar-refractivity contribution in [3.8, 4) is 0 Å². The summed E-state index contributed by atoms with van der Waals surface area (Å²) in [5, 5.41) is 0. The van der Waals surface area contributed by atoms with Crippen molar-refractivity contribution in [2.45, 2.75) is 12.8 Å². The summed E-state index contributed by atoms with van der Waals surface area (Å²) in [4.78, 5) is 0.539. The molecule has 0 amide bonds. The zero-order chi connectivity index (χ0) is 9.14. The lowest BCUT2D eigenvalue weighted by molar-refractivity contribution is 1.03. The molecule has 1 aromatic carbocycles. The van der Waals surface area contributed by atoms with Crippen molar-refractivity contribution in [3.05, 3.63) is 34.3 Å². The van der Waals surface area contributed by atoms with Crippen LogP contribution in [0.3, 0.4) is 0 Å². The molecule has 1 unspecified atom stereocenters. The van der Waals surface area contributed by atoms with Crippen molar-refractivity contribution in [2.24, 2.45) is 5.73 Å². The zero-order valence-corrected chi connectivity index (χ0v) is 9.15. The first-order chi connectivity index (χ1) is 5.61. The second-order valence-corrected chi connectivity index (χ2v) is 4.06. The van der Waals surface area contributed by atoms with Crippen LogP contribution in [0, 0.1) is 0 Å². The Balaban J connectivity index is 2.89. The van der Waals surface area contributed by atoms with Crippen molar-refractivity contribution in [3.63, 3.8) is 0 Å². The zero-order valence-electron chi connectivity index (χ0n) is 6.75. The highest BCUT2D eigenvalue weighted by molar-refractivity contribution is 9.10. The predicted molar refractivity (Wildman–Crippen MR) is 59.3 cm³/mol. The van der Waals surface area contributed by atoms with E-state index in [-0.39, 0.29) is 5.92 Å². The van der Waals surface area contributed by atoms with Gasteiger partial charge in [0.05, 0.1) is 4.99 Å². The van der Waals surface area contributed by atoms with Gasteiger partial charge in [-0.05, 0) is 17.7 Å². The topological polar surface area (TPSA) is 26.0 Å². The molecule has 2 N–H and O–H groups in total. The Kier molecular flexibility index (Phi) is 3.23. The van der Waals surface area contributed by atoms with E-state index in [0.29, 0.717) is 4.99 Å². The van der Waals surface area contributed by atoms with Crippen LogP contribution in [0.15, 0.2) is 28.7 Å². The Hall–Kier alpha value is -0.410. The van der Waals surface area contributed by atoms with E-state index < -0.39 is 0 Å². The van der Waals surface area contributed by atoms with Crippen LogP contribution in [0.5, 0.6) is 0 Å². The van der Waals surface area contributed by atoms with Crippen LogP contribution in [0.25, 0.3) is 0 Å². The molecule has 64 valence electrons. The molecule has 1 aromatic rings. The van der Waals surface area contributed by atoms with Gasteiger partial charge >= 0.3 is 0 Å². The Morgan fingerprint density at radius 3 is 2.33 bits per heavy atom. The Morgan fingerprint density at radius 1 is 1.42 bits per heavy atom. The van der Waals surface area contributed by atoms with Gasteiger partial charge in [-0.15, -0.1) is 0 Å². The standard InChI is InChI=1S/C9H10BrNS/c1-6(9(11)12)7-2-4-8(10)5-3-7/h2-6H,1H3,(H2,11,12). The van der Waals surface area contributed by atoms with E-state index in [1.807, 2.05) is 31.2 Å². The van der Waals surface area contributed by atoms with E-state index in [1.165, 1.54) is 0 Å². The lowest BCUT2D eigenvalue weighted by Crippen LogP contribution is -2.16. The normalized spacial score (nSPS) is 12.5. The Morgan fingerprint density at radius 2 is 1.92 bits per heavy atom. The van der Waals surface area contributed by atoms with Crippen molar-refractivity contribution in [1.29, 1.82) is 0 Å².